The van der Waals surface area contributed by atoms with Crippen LogP contribution in [0.25, 0.3) is 21.9 Å². The van der Waals surface area contributed by atoms with Crippen LogP contribution in [0.3, 0.4) is 0 Å². The number of methoxy groups -OCH3 is 1. The van der Waals surface area contributed by atoms with E-state index >= 15 is 0 Å². The van der Waals surface area contributed by atoms with Crippen molar-refractivity contribution in [2.45, 2.75) is 45.4 Å². The Hall–Kier alpha value is -2.97. The molecule has 0 radical (unpaired) electrons. The minimum Gasteiger partial charge on any atom is -0.465 e. The summed E-state index contributed by atoms with van der Waals surface area (Å²) in [7, 11) is 1.40. The van der Waals surface area contributed by atoms with E-state index in [1.165, 1.54) is 50.6 Å². The normalized spacial score (nSPS) is 14.4. The van der Waals surface area contributed by atoms with Gasteiger partial charge in [0.05, 0.1) is 18.1 Å². The van der Waals surface area contributed by atoms with E-state index in [-0.39, 0.29) is 5.97 Å². The summed E-state index contributed by atoms with van der Waals surface area (Å²) >= 11 is 3.64. The first kappa shape index (κ1) is 25.7. The number of aromatic nitrogens is 3. The van der Waals surface area contributed by atoms with Crippen LogP contribution in [0.5, 0.6) is 0 Å². The fraction of sp³-hybridized carbons (Fsp3) is 0.414. The van der Waals surface area contributed by atoms with E-state index in [0.717, 1.165) is 64.0 Å². The van der Waals surface area contributed by atoms with Gasteiger partial charge in [-0.3, -0.25) is 0 Å². The highest BCUT2D eigenvalue weighted by Crippen LogP contribution is 2.31. The zero-order valence-electron chi connectivity index (χ0n) is 21.6. The van der Waals surface area contributed by atoms with Gasteiger partial charge in [0, 0.05) is 28.3 Å². The molecule has 194 valence electrons. The van der Waals surface area contributed by atoms with Crippen molar-refractivity contribution in [2.24, 2.45) is 0 Å². The first-order valence-corrected chi connectivity index (χ1v) is 14.0. The lowest BCUT2D eigenvalue weighted by Crippen LogP contribution is -2.31. The number of piperidine rings is 1. The second kappa shape index (κ2) is 11.6. The van der Waals surface area contributed by atoms with E-state index in [9.17, 15) is 4.79 Å². The number of benzene rings is 2. The van der Waals surface area contributed by atoms with Crippen molar-refractivity contribution >= 4 is 49.7 Å². The van der Waals surface area contributed by atoms with E-state index in [1.807, 2.05) is 12.1 Å². The van der Waals surface area contributed by atoms with Crippen molar-refractivity contribution in [1.82, 2.24) is 19.9 Å². The first-order valence-electron chi connectivity index (χ1n) is 13.2. The number of nitrogens with one attached hydrogen (secondary N) is 2. The fourth-order valence-electron chi connectivity index (χ4n) is 5.20. The van der Waals surface area contributed by atoms with Gasteiger partial charge in [-0.15, -0.1) is 0 Å². The first-order chi connectivity index (χ1) is 18.0. The Kier molecular flexibility index (Phi) is 8.05. The second-order valence-corrected chi connectivity index (χ2v) is 10.7. The number of aryl methyl sites for hydroxylation is 1. The van der Waals surface area contributed by atoms with Gasteiger partial charge in [-0.2, -0.15) is 0 Å². The summed E-state index contributed by atoms with van der Waals surface area (Å²) in [5.74, 6) is 1.23. The van der Waals surface area contributed by atoms with Gasteiger partial charge in [0.15, 0.2) is 0 Å². The second-order valence-electron chi connectivity index (χ2n) is 9.77. The molecular weight excluding hydrogens is 530 g/mol. The van der Waals surface area contributed by atoms with Crippen LogP contribution in [-0.4, -0.2) is 59.1 Å². The number of hydrogen-bond donors (Lipinski definition) is 2. The van der Waals surface area contributed by atoms with Crippen molar-refractivity contribution in [1.29, 1.82) is 0 Å². The SMILES string of the molecule is CCc1cc(Br)cc(Cc2nc(NCCCN3CCCCC3)c3c(n2)[nH]c2cc(C(=O)OC)ccc23)c1. The number of anilines is 1. The summed E-state index contributed by atoms with van der Waals surface area (Å²) in [6.45, 7) is 6.51. The molecule has 0 saturated carbocycles. The van der Waals surface area contributed by atoms with Gasteiger partial charge in [-0.25, -0.2) is 14.8 Å². The van der Waals surface area contributed by atoms with E-state index in [2.05, 4.69) is 56.3 Å². The highest BCUT2D eigenvalue weighted by atomic mass is 79.9. The summed E-state index contributed by atoms with van der Waals surface area (Å²) in [4.78, 5) is 28.0. The third-order valence-electron chi connectivity index (χ3n) is 7.10. The standard InChI is InChI=1S/C29H34BrN5O2/c1-3-19-14-20(16-22(30)15-19)17-25-33-27(31-10-7-13-35-11-5-4-6-12-35)26-23-9-8-21(29(36)37-2)18-24(23)32-28(26)34-25/h8-9,14-16,18H,3-7,10-13,17H2,1-2H3,(H2,31,32,33,34). The molecule has 0 amide bonds. The van der Waals surface area contributed by atoms with E-state index < -0.39 is 0 Å². The maximum atomic E-state index is 12.1. The molecule has 2 aromatic heterocycles. The molecular formula is C29H34BrN5O2. The number of fused-ring (bicyclic) bond motifs is 3. The van der Waals surface area contributed by atoms with Gasteiger partial charge < -0.3 is 19.9 Å². The lowest BCUT2D eigenvalue weighted by molar-refractivity contribution is 0.0601. The molecule has 1 fully saturated rings. The molecule has 2 aromatic carbocycles. The molecule has 0 unspecified atom stereocenters. The van der Waals surface area contributed by atoms with Crippen molar-refractivity contribution in [3.63, 3.8) is 0 Å². The molecule has 3 heterocycles. The Labute approximate surface area is 226 Å². The highest BCUT2D eigenvalue weighted by Gasteiger charge is 2.17. The molecule has 4 aromatic rings. The summed E-state index contributed by atoms with van der Waals surface area (Å²) in [5, 5.41) is 5.56. The van der Waals surface area contributed by atoms with Crippen molar-refractivity contribution in [2.75, 3.05) is 38.6 Å². The van der Waals surface area contributed by atoms with Crippen LogP contribution in [0.1, 0.15) is 59.9 Å². The number of carbonyl (C=O) groups excluding carboxylic acids is 1. The molecule has 7 nitrogen and oxygen atoms in total. The van der Waals surface area contributed by atoms with Gasteiger partial charge in [-0.05, 0) is 80.7 Å². The number of likely N-dealkylation sites (tertiary alicyclic amines) is 1. The van der Waals surface area contributed by atoms with Gasteiger partial charge in [-0.1, -0.05) is 41.4 Å². The van der Waals surface area contributed by atoms with Crippen LogP contribution in [0.4, 0.5) is 5.82 Å². The van der Waals surface area contributed by atoms with E-state index in [1.54, 1.807) is 6.07 Å². The lowest BCUT2D eigenvalue weighted by Gasteiger charge is -2.26. The Morgan fingerprint density at radius 1 is 1.11 bits per heavy atom. The zero-order chi connectivity index (χ0) is 25.8. The predicted octanol–water partition coefficient (Wildman–Crippen LogP) is 6.10. The number of carbonyl (C=O) groups is 1. The van der Waals surface area contributed by atoms with Crippen molar-refractivity contribution in [3.8, 4) is 0 Å². The van der Waals surface area contributed by atoms with Crippen molar-refractivity contribution in [3.05, 3.63) is 63.4 Å². The number of hydrogen-bond acceptors (Lipinski definition) is 6. The molecule has 1 aliphatic heterocycles. The molecule has 5 rings (SSSR count). The Bertz CT molecular complexity index is 1410. The molecule has 1 aliphatic rings. The predicted molar refractivity (Wildman–Crippen MR) is 152 cm³/mol. The summed E-state index contributed by atoms with van der Waals surface area (Å²) in [6, 6.07) is 12.1. The van der Waals surface area contributed by atoms with Crippen molar-refractivity contribution < 1.29 is 9.53 Å². The van der Waals surface area contributed by atoms with Gasteiger partial charge >= 0.3 is 5.97 Å². The van der Waals surface area contributed by atoms with E-state index in [0.29, 0.717) is 12.0 Å². The third kappa shape index (κ3) is 5.96. The maximum absolute atomic E-state index is 12.1. The van der Waals surface area contributed by atoms with E-state index in [4.69, 9.17) is 14.7 Å². The Balaban J connectivity index is 1.47. The van der Waals surface area contributed by atoms with Gasteiger partial charge in [0.1, 0.15) is 17.3 Å². The van der Waals surface area contributed by atoms with Gasteiger partial charge in [0.2, 0.25) is 0 Å². The van der Waals surface area contributed by atoms with Crippen LogP contribution < -0.4 is 5.32 Å². The molecule has 8 heteroatoms. The zero-order valence-corrected chi connectivity index (χ0v) is 23.2. The van der Waals surface area contributed by atoms with Gasteiger partial charge in [0.25, 0.3) is 0 Å². The minimum atomic E-state index is -0.357. The quantitative estimate of drug-likeness (QED) is 0.189. The van der Waals surface area contributed by atoms with Crippen LogP contribution in [-0.2, 0) is 17.6 Å². The molecule has 37 heavy (non-hydrogen) atoms. The molecule has 0 aliphatic carbocycles. The number of esters is 1. The molecule has 0 atom stereocenters. The fourth-order valence-corrected chi connectivity index (χ4v) is 5.78. The third-order valence-corrected chi connectivity index (χ3v) is 7.56. The summed E-state index contributed by atoms with van der Waals surface area (Å²) in [6.07, 6.45) is 6.63. The largest absolute Gasteiger partial charge is 0.465 e. The Morgan fingerprint density at radius 2 is 1.92 bits per heavy atom. The molecule has 2 N–H and O–H groups in total. The average Bonchev–Trinajstić information content (AvgIpc) is 3.28. The number of H-pyrrole nitrogens is 1. The molecule has 0 bridgehead atoms. The number of halogens is 1. The number of aromatic amines is 1. The lowest BCUT2D eigenvalue weighted by atomic mass is 10.1. The minimum absolute atomic E-state index is 0.357. The summed E-state index contributed by atoms with van der Waals surface area (Å²) in [5.41, 5.74) is 4.57. The average molecular weight is 565 g/mol. The molecule has 1 saturated heterocycles. The van der Waals surface area contributed by atoms with Crippen LogP contribution in [0.2, 0.25) is 0 Å². The number of nitrogens with zero attached hydrogens (tertiary/aromatic N) is 3. The van der Waals surface area contributed by atoms with Crippen LogP contribution in [0, 0.1) is 0 Å². The Morgan fingerprint density at radius 3 is 2.70 bits per heavy atom. The summed E-state index contributed by atoms with van der Waals surface area (Å²) < 4.78 is 5.98. The smallest absolute Gasteiger partial charge is 0.337 e. The topological polar surface area (TPSA) is 83.1 Å². The van der Waals surface area contributed by atoms with Crippen LogP contribution in [0.15, 0.2) is 40.9 Å². The highest BCUT2D eigenvalue weighted by molar-refractivity contribution is 9.10. The number of ether oxygens (including phenoxy) is 1. The number of rotatable bonds is 9. The maximum Gasteiger partial charge on any atom is 0.337 e. The van der Waals surface area contributed by atoms with Crippen LogP contribution >= 0.6 is 15.9 Å². The monoisotopic (exact) mass is 563 g/mol. The molecule has 0 spiro atoms.